The zero-order valence-electron chi connectivity index (χ0n) is 18.4. The van der Waals surface area contributed by atoms with Gasteiger partial charge in [0.25, 0.3) is 5.56 Å². The second kappa shape index (κ2) is 9.34. The number of fused-ring (bicyclic) bond motifs is 3. The maximum Gasteiger partial charge on any atom is 0.291 e. The molecule has 2 aromatic heterocycles. The summed E-state index contributed by atoms with van der Waals surface area (Å²) >= 11 is 0. The first-order valence-electron chi connectivity index (χ1n) is 11.0. The molecule has 0 saturated heterocycles. The van der Waals surface area contributed by atoms with E-state index in [4.69, 9.17) is 0 Å². The summed E-state index contributed by atoms with van der Waals surface area (Å²) < 4.78 is 16.6. The molecule has 4 rings (SSSR count). The summed E-state index contributed by atoms with van der Waals surface area (Å²) in [4.78, 5) is 28.0. The molecule has 0 N–H and O–H groups in total. The normalized spacial score (nSPS) is 11.3. The van der Waals surface area contributed by atoms with E-state index in [0.29, 0.717) is 25.2 Å². The summed E-state index contributed by atoms with van der Waals surface area (Å²) in [5.74, 6) is -0.416. The monoisotopic (exact) mass is 434 g/mol. The van der Waals surface area contributed by atoms with E-state index in [1.54, 1.807) is 23.2 Å². The quantitative estimate of drug-likeness (QED) is 0.418. The minimum absolute atomic E-state index is 0.0929. The molecule has 6 nitrogen and oxygen atoms in total. The van der Waals surface area contributed by atoms with Crippen LogP contribution in [0.4, 0.5) is 4.39 Å². The predicted molar refractivity (Wildman–Crippen MR) is 124 cm³/mol. The van der Waals surface area contributed by atoms with Crippen molar-refractivity contribution in [2.45, 2.75) is 39.8 Å². The highest BCUT2D eigenvalue weighted by molar-refractivity contribution is 6.07. The molecular weight excluding hydrogens is 407 g/mol. The summed E-state index contributed by atoms with van der Waals surface area (Å²) in [5.41, 5.74) is 1.97. The molecule has 32 heavy (non-hydrogen) atoms. The highest BCUT2D eigenvalue weighted by Gasteiger charge is 2.19. The number of likely N-dealkylation sites (N-methyl/N-ethyl adjacent to an activating group) is 1. The first-order valence-corrected chi connectivity index (χ1v) is 11.0. The van der Waals surface area contributed by atoms with Gasteiger partial charge in [0, 0.05) is 35.9 Å². The Morgan fingerprint density at radius 2 is 1.81 bits per heavy atom. The summed E-state index contributed by atoms with van der Waals surface area (Å²) in [7, 11) is 0. The number of aromatic nitrogens is 3. The summed E-state index contributed by atoms with van der Waals surface area (Å²) in [6.07, 6.45) is 3.58. The number of halogens is 1. The maximum absolute atomic E-state index is 13.5. The van der Waals surface area contributed by atoms with Crippen LogP contribution in [-0.2, 0) is 17.9 Å². The zero-order valence-corrected chi connectivity index (χ0v) is 18.4. The molecule has 0 aliphatic carbocycles. The van der Waals surface area contributed by atoms with E-state index in [9.17, 15) is 14.0 Å². The molecule has 4 aromatic rings. The van der Waals surface area contributed by atoms with Crippen molar-refractivity contribution in [3.63, 3.8) is 0 Å². The van der Waals surface area contributed by atoms with Gasteiger partial charge in [-0.15, -0.1) is 0 Å². The summed E-state index contributed by atoms with van der Waals surface area (Å²) in [5, 5.41) is 5.99. The van der Waals surface area contributed by atoms with Crippen molar-refractivity contribution in [2.24, 2.45) is 0 Å². The molecule has 0 atom stereocenters. The Morgan fingerprint density at radius 1 is 1.06 bits per heavy atom. The van der Waals surface area contributed by atoms with Crippen LogP contribution in [0.1, 0.15) is 32.3 Å². The first kappa shape index (κ1) is 21.7. The molecule has 0 saturated carbocycles. The van der Waals surface area contributed by atoms with E-state index in [1.807, 2.05) is 35.8 Å². The van der Waals surface area contributed by atoms with Crippen molar-refractivity contribution < 1.29 is 9.18 Å². The van der Waals surface area contributed by atoms with E-state index < -0.39 is 0 Å². The van der Waals surface area contributed by atoms with Crippen molar-refractivity contribution in [3.8, 4) is 0 Å². The topological polar surface area (TPSA) is 60.1 Å². The van der Waals surface area contributed by atoms with Gasteiger partial charge in [-0.3, -0.25) is 9.59 Å². The zero-order chi connectivity index (χ0) is 22.7. The number of rotatable bonds is 8. The van der Waals surface area contributed by atoms with E-state index in [0.717, 1.165) is 34.7 Å². The van der Waals surface area contributed by atoms with Crippen LogP contribution in [0.25, 0.3) is 21.8 Å². The third-order valence-corrected chi connectivity index (χ3v) is 5.83. The first-order chi connectivity index (χ1) is 15.5. The molecule has 0 bridgehead atoms. The van der Waals surface area contributed by atoms with Crippen LogP contribution in [0, 0.1) is 5.82 Å². The predicted octanol–water partition coefficient (Wildman–Crippen LogP) is 4.19. The molecule has 0 aliphatic heterocycles. The average molecular weight is 435 g/mol. The molecular formula is C25H27FN4O2. The number of hydrogen-bond acceptors (Lipinski definition) is 3. The summed E-state index contributed by atoms with van der Waals surface area (Å²) in [6, 6.07) is 14.0. The van der Waals surface area contributed by atoms with Gasteiger partial charge in [0.1, 0.15) is 17.9 Å². The Labute approximate surface area is 185 Å². The number of carbonyl (C=O) groups excluding carboxylic acids is 1. The number of hydrogen-bond donors (Lipinski definition) is 0. The Bertz CT molecular complexity index is 1310. The fourth-order valence-corrected chi connectivity index (χ4v) is 4.08. The third-order valence-electron chi connectivity index (χ3n) is 5.83. The van der Waals surface area contributed by atoms with Gasteiger partial charge in [0.2, 0.25) is 5.91 Å². The second-order valence-electron chi connectivity index (χ2n) is 7.93. The minimum Gasteiger partial charge on any atom is -0.341 e. The van der Waals surface area contributed by atoms with Crippen LogP contribution < -0.4 is 5.56 Å². The fourth-order valence-electron chi connectivity index (χ4n) is 4.08. The lowest BCUT2D eigenvalue weighted by Gasteiger charge is -2.20. The molecule has 0 fully saturated rings. The van der Waals surface area contributed by atoms with E-state index in [-0.39, 0.29) is 23.8 Å². The second-order valence-corrected chi connectivity index (χ2v) is 7.93. The molecule has 0 unspecified atom stereocenters. The van der Waals surface area contributed by atoms with Gasteiger partial charge in [-0.2, -0.15) is 5.10 Å². The molecule has 2 heterocycles. The van der Waals surface area contributed by atoms with E-state index >= 15 is 0 Å². The van der Waals surface area contributed by atoms with Crippen molar-refractivity contribution in [1.29, 1.82) is 0 Å². The smallest absolute Gasteiger partial charge is 0.291 e. The van der Waals surface area contributed by atoms with Gasteiger partial charge in [-0.05, 0) is 37.1 Å². The van der Waals surface area contributed by atoms with Gasteiger partial charge < -0.3 is 9.47 Å². The largest absolute Gasteiger partial charge is 0.341 e. The maximum atomic E-state index is 13.5. The number of benzene rings is 2. The number of unbranched alkanes of at least 4 members (excludes halogenated alkanes) is 1. The Kier molecular flexibility index (Phi) is 6.35. The van der Waals surface area contributed by atoms with Crippen molar-refractivity contribution in [1.82, 2.24) is 19.2 Å². The van der Waals surface area contributed by atoms with Crippen LogP contribution in [0.15, 0.2) is 59.5 Å². The van der Waals surface area contributed by atoms with Gasteiger partial charge in [0.05, 0.1) is 6.20 Å². The SMILES string of the molecule is CCCCN(CC)C(=O)Cn1ncc2c3ccccc3n(Cc3ccc(F)cc3)c2c1=O. The Hall–Kier alpha value is -3.48. The average Bonchev–Trinajstić information content (AvgIpc) is 3.12. The van der Waals surface area contributed by atoms with E-state index in [2.05, 4.69) is 12.0 Å². The highest BCUT2D eigenvalue weighted by Crippen LogP contribution is 2.27. The molecule has 0 aliphatic rings. The molecule has 0 radical (unpaired) electrons. The lowest BCUT2D eigenvalue weighted by Crippen LogP contribution is -2.38. The van der Waals surface area contributed by atoms with Crippen molar-refractivity contribution >= 4 is 27.7 Å². The lowest BCUT2D eigenvalue weighted by atomic mass is 10.2. The van der Waals surface area contributed by atoms with Crippen LogP contribution >= 0.6 is 0 Å². The molecule has 1 amide bonds. The van der Waals surface area contributed by atoms with Crippen LogP contribution in [0.3, 0.4) is 0 Å². The molecule has 166 valence electrons. The third kappa shape index (κ3) is 4.15. The number of carbonyl (C=O) groups is 1. The molecule has 0 spiro atoms. The number of nitrogens with zero attached hydrogens (tertiary/aromatic N) is 4. The minimum atomic E-state index is -0.305. The van der Waals surface area contributed by atoms with Gasteiger partial charge >= 0.3 is 0 Å². The van der Waals surface area contributed by atoms with E-state index in [1.165, 1.54) is 16.8 Å². The summed E-state index contributed by atoms with van der Waals surface area (Å²) in [6.45, 7) is 5.61. The highest BCUT2D eigenvalue weighted by atomic mass is 19.1. The van der Waals surface area contributed by atoms with Gasteiger partial charge in [-0.25, -0.2) is 9.07 Å². The van der Waals surface area contributed by atoms with Crippen LogP contribution in [-0.4, -0.2) is 38.2 Å². The van der Waals surface area contributed by atoms with Gasteiger partial charge in [0.15, 0.2) is 0 Å². The molecule has 2 aromatic carbocycles. The number of amides is 1. The fraction of sp³-hybridized carbons (Fsp3) is 0.320. The van der Waals surface area contributed by atoms with Crippen molar-refractivity contribution in [2.75, 3.05) is 13.1 Å². The Morgan fingerprint density at radius 3 is 2.53 bits per heavy atom. The Balaban J connectivity index is 1.79. The number of para-hydroxylation sites is 1. The lowest BCUT2D eigenvalue weighted by molar-refractivity contribution is -0.132. The van der Waals surface area contributed by atoms with Crippen molar-refractivity contribution in [3.05, 3.63) is 76.5 Å². The van der Waals surface area contributed by atoms with Crippen LogP contribution in [0.2, 0.25) is 0 Å². The van der Waals surface area contributed by atoms with Gasteiger partial charge in [-0.1, -0.05) is 43.7 Å². The standard InChI is InChI=1S/C25H27FN4O2/c1-3-5-14-28(4-2)23(31)17-30-25(32)24-21(15-27-30)20-8-6-7-9-22(20)29(24)16-18-10-12-19(26)13-11-18/h6-13,15H,3-5,14,16-17H2,1-2H3. The van der Waals surface area contributed by atoms with Crippen LogP contribution in [0.5, 0.6) is 0 Å². The molecule has 7 heteroatoms.